The van der Waals surface area contributed by atoms with E-state index in [-0.39, 0.29) is 6.04 Å². The summed E-state index contributed by atoms with van der Waals surface area (Å²) in [6.07, 6.45) is 0. The van der Waals surface area contributed by atoms with Crippen molar-refractivity contribution in [1.29, 1.82) is 0 Å². The SMILES string of the molecule is CC(N)c1nc2ccccc2n1Cc1ccccc1. The summed E-state index contributed by atoms with van der Waals surface area (Å²) in [4.78, 5) is 4.65. The topological polar surface area (TPSA) is 43.8 Å². The predicted molar refractivity (Wildman–Crippen MR) is 77.9 cm³/mol. The highest BCUT2D eigenvalue weighted by atomic mass is 15.1. The van der Waals surface area contributed by atoms with Gasteiger partial charge in [0.25, 0.3) is 0 Å². The van der Waals surface area contributed by atoms with Crippen LogP contribution in [0.2, 0.25) is 0 Å². The summed E-state index contributed by atoms with van der Waals surface area (Å²) in [6, 6.07) is 18.5. The minimum atomic E-state index is -0.0730. The minimum Gasteiger partial charge on any atom is -0.322 e. The summed E-state index contributed by atoms with van der Waals surface area (Å²) in [6.45, 7) is 2.78. The molecule has 0 aliphatic carbocycles. The third-order valence-corrected chi connectivity index (χ3v) is 3.27. The van der Waals surface area contributed by atoms with E-state index in [1.807, 2.05) is 31.2 Å². The smallest absolute Gasteiger partial charge is 0.126 e. The molecule has 0 aliphatic heterocycles. The molecule has 2 N–H and O–H groups in total. The van der Waals surface area contributed by atoms with Gasteiger partial charge in [-0.3, -0.25) is 0 Å². The van der Waals surface area contributed by atoms with Crippen LogP contribution in [0.5, 0.6) is 0 Å². The number of nitrogens with two attached hydrogens (primary N) is 1. The van der Waals surface area contributed by atoms with Gasteiger partial charge in [-0.2, -0.15) is 0 Å². The molecule has 0 aliphatic rings. The van der Waals surface area contributed by atoms with Crippen LogP contribution in [0.25, 0.3) is 11.0 Å². The Morgan fingerprint density at radius 3 is 2.47 bits per heavy atom. The zero-order chi connectivity index (χ0) is 13.2. The number of benzene rings is 2. The number of imidazole rings is 1. The van der Waals surface area contributed by atoms with Crippen molar-refractivity contribution < 1.29 is 0 Å². The maximum Gasteiger partial charge on any atom is 0.126 e. The van der Waals surface area contributed by atoms with Gasteiger partial charge in [0.1, 0.15) is 5.82 Å². The molecule has 0 fully saturated rings. The fourth-order valence-electron chi connectivity index (χ4n) is 2.37. The van der Waals surface area contributed by atoms with E-state index < -0.39 is 0 Å². The van der Waals surface area contributed by atoms with Crippen LogP contribution in [-0.2, 0) is 6.54 Å². The van der Waals surface area contributed by atoms with Gasteiger partial charge >= 0.3 is 0 Å². The largest absolute Gasteiger partial charge is 0.322 e. The molecule has 3 rings (SSSR count). The van der Waals surface area contributed by atoms with Crippen molar-refractivity contribution in [3.05, 3.63) is 66.0 Å². The van der Waals surface area contributed by atoms with Crippen LogP contribution >= 0.6 is 0 Å². The van der Waals surface area contributed by atoms with E-state index in [4.69, 9.17) is 5.73 Å². The minimum absolute atomic E-state index is 0.0730. The third-order valence-electron chi connectivity index (χ3n) is 3.27. The van der Waals surface area contributed by atoms with Gasteiger partial charge in [0.15, 0.2) is 0 Å². The van der Waals surface area contributed by atoms with Crippen molar-refractivity contribution in [3.8, 4) is 0 Å². The van der Waals surface area contributed by atoms with Crippen LogP contribution in [0.3, 0.4) is 0 Å². The van der Waals surface area contributed by atoms with Crippen LogP contribution in [0, 0.1) is 0 Å². The second kappa shape index (κ2) is 4.86. The van der Waals surface area contributed by atoms with Crippen LogP contribution in [-0.4, -0.2) is 9.55 Å². The van der Waals surface area contributed by atoms with Crippen LogP contribution in [0.4, 0.5) is 0 Å². The Bertz CT molecular complexity index is 684. The predicted octanol–water partition coefficient (Wildman–Crippen LogP) is 3.10. The number of rotatable bonds is 3. The summed E-state index contributed by atoms with van der Waals surface area (Å²) in [5.41, 5.74) is 9.45. The number of nitrogens with zero attached hydrogens (tertiary/aromatic N) is 2. The average molecular weight is 251 g/mol. The first-order valence-corrected chi connectivity index (χ1v) is 6.50. The highest BCUT2D eigenvalue weighted by molar-refractivity contribution is 5.76. The zero-order valence-corrected chi connectivity index (χ0v) is 11.0. The van der Waals surface area contributed by atoms with Crippen LogP contribution in [0.15, 0.2) is 54.6 Å². The maximum absolute atomic E-state index is 6.05. The first-order chi connectivity index (χ1) is 9.25. The molecule has 0 amide bonds. The molecule has 0 radical (unpaired) electrons. The number of para-hydroxylation sites is 2. The Labute approximate surface area is 112 Å². The van der Waals surface area contributed by atoms with Crippen LogP contribution < -0.4 is 5.73 Å². The number of fused-ring (bicyclic) bond motifs is 1. The van der Waals surface area contributed by atoms with E-state index in [0.29, 0.717) is 0 Å². The summed E-state index contributed by atoms with van der Waals surface area (Å²) in [5.74, 6) is 0.935. The van der Waals surface area contributed by atoms with Crippen molar-refractivity contribution in [2.75, 3.05) is 0 Å². The monoisotopic (exact) mass is 251 g/mol. The lowest BCUT2D eigenvalue weighted by Crippen LogP contribution is -2.14. The van der Waals surface area contributed by atoms with Crippen molar-refractivity contribution in [2.24, 2.45) is 5.73 Å². The standard InChI is InChI=1S/C16H17N3/c1-12(17)16-18-14-9-5-6-10-15(14)19(16)11-13-7-3-2-4-8-13/h2-10,12H,11,17H2,1H3. The van der Waals surface area contributed by atoms with Gasteiger partial charge in [-0.05, 0) is 24.6 Å². The molecule has 2 aromatic carbocycles. The summed E-state index contributed by atoms with van der Waals surface area (Å²) in [5, 5.41) is 0. The van der Waals surface area contributed by atoms with Gasteiger partial charge in [0.2, 0.25) is 0 Å². The quantitative estimate of drug-likeness (QED) is 0.777. The Morgan fingerprint density at radius 1 is 1.05 bits per heavy atom. The molecule has 0 spiro atoms. The van der Waals surface area contributed by atoms with E-state index in [1.54, 1.807) is 0 Å². The molecule has 0 bridgehead atoms. The molecular formula is C16H17N3. The molecule has 19 heavy (non-hydrogen) atoms. The first-order valence-electron chi connectivity index (χ1n) is 6.50. The molecule has 1 atom stereocenters. The highest BCUT2D eigenvalue weighted by Crippen LogP contribution is 2.21. The van der Waals surface area contributed by atoms with Crippen molar-refractivity contribution in [2.45, 2.75) is 19.5 Å². The zero-order valence-electron chi connectivity index (χ0n) is 11.0. The number of aromatic nitrogens is 2. The maximum atomic E-state index is 6.05. The molecule has 1 heterocycles. The van der Waals surface area contributed by atoms with Crippen LogP contribution in [0.1, 0.15) is 24.4 Å². The first kappa shape index (κ1) is 11.9. The van der Waals surface area contributed by atoms with E-state index in [1.165, 1.54) is 5.56 Å². The number of hydrogen-bond donors (Lipinski definition) is 1. The Kier molecular flexibility index (Phi) is 3.05. The molecule has 3 aromatic rings. The van der Waals surface area contributed by atoms with Gasteiger partial charge in [-0.1, -0.05) is 42.5 Å². The molecule has 0 saturated heterocycles. The fraction of sp³-hybridized carbons (Fsp3) is 0.188. The number of hydrogen-bond acceptors (Lipinski definition) is 2. The molecule has 1 unspecified atom stereocenters. The van der Waals surface area contributed by atoms with Gasteiger partial charge in [0, 0.05) is 6.54 Å². The Hall–Kier alpha value is -2.13. The fourth-order valence-corrected chi connectivity index (χ4v) is 2.37. The molecular weight excluding hydrogens is 234 g/mol. The molecule has 1 aromatic heterocycles. The lowest BCUT2D eigenvalue weighted by atomic mass is 10.2. The lowest BCUT2D eigenvalue weighted by molar-refractivity contribution is 0.664. The molecule has 0 saturated carbocycles. The Morgan fingerprint density at radius 2 is 1.74 bits per heavy atom. The van der Waals surface area contributed by atoms with E-state index in [2.05, 4.69) is 39.9 Å². The van der Waals surface area contributed by atoms with E-state index in [9.17, 15) is 0 Å². The summed E-state index contributed by atoms with van der Waals surface area (Å²) in [7, 11) is 0. The molecule has 96 valence electrons. The van der Waals surface area contributed by atoms with Crippen molar-refractivity contribution in [3.63, 3.8) is 0 Å². The summed E-state index contributed by atoms with van der Waals surface area (Å²) < 4.78 is 2.20. The average Bonchev–Trinajstić information content (AvgIpc) is 2.79. The molecule has 3 nitrogen and oxygen atoms in total. The second-order valence-corrected chi connectivity index (χ2v) is 4.82. The van der Waals surface area contributed by atoms with E-state index >= 15 is 0 Å². The van der Waals surface area contributed by atoms with Gasteiger partial charge in [-0.25, -0.2) is 4.98 Å². The van der Waals surface area contributed by atoms with Crippen molar-refractivity contribution in [1.82, 2.24) is 9.55 Å². The van der Waals surface area contributed by atoms with Crippen molar-refractivity contribution >= 4 is 11.0 Å². The van der Waals surface area contributed by atoms with E-state index in [0.717, 1.165) is 23.4 Å². The van der Waals surface area contributed by atoms with Gasteiger partial charge in [-0.15, -0.1) is 0 Å². The van der Waals surface area contributed by atoms with Gasteiger partial charge in [0.05, 0.1) is 17.1 Å². The Balaban J connectivity index is 2.12. The highest BCUT2D eigenvalue weighted by Gasteiger charge is 2.13. The second-order valence-electron chi connectivity index (χ2n) is 4.82. The normalized spacial score (nSPS) is 12.7. The lowest BCUT2D eigenvalue weighted by Gasteiger charge is -2.11. The van der Waals surface area contributed by atoms with Gasteiger partial charge < -0.3 is 10.3 Å². The third kappa shape index (κ3) is 2.25. The molecule has 3 heteroatoms. The summed E-state index contributed by atoms with van der Waals surface area (Å²) >= 11 is 0.